The third-order valence-corrected chi connectivity index (χ3v) is 4.18. The van der Waals surface area contributed by atoms with Crippen LogP contribution >= 0.6 is 11.3 Å². The maximum Gasteiger partial charge on any atom is 0.265 e. The van der Waals surface area contributed by atoms with Crippen LogP contribution in [0.1, 0.15) is 30.4 Å². The van der Waals surface area contributed by atoms with E-state index in [4.69, 9.17) is 0 Å². The van der Waals surface area contributed by atoms with E-state index in [1.165, 1.54) is 12.3 Å². The van der Waals surface area contributed by atoms with E-state index in [-0.39, 0.29) is 24.3 Å². The average molecular weight is 322 g/mol. The van der Waals surface area contributed by atoms with Gasteiger partial charge in [-0.3, -0.25) is 4.79 Å². The van der Waals surface area contributed by atoms with Gasteiger partial charge in [-0.05, 0) is 32.9 Å². The normalized spacial score (nSPS) is 12.5. The van der Waals surface area contributed by atoms with Gasteiger partial charge in [-0.15, -0.1) is 11.3 Å². The molecule has 1 unspecified atom stereocenters. The fourth-order valence-electron chi connectivity index (χ4n) is 2.09. The minimum Gasteiger partial charge on any atom is -0.392 e. The number of aromatic nitrogens is 1. The lowest BCUT2D eigenvalue weighted by molar-refractivity contribution is 0.0583. The van der Waals surface area contributed by atoms with Crippen LogP contribution in [0, 0.1) is 5.82 Å². The molecular weight excluding hydrogens is 303 g/mol. The highest BCUT2D eigenvalue weighted by molar-refractivity contribution is 7.16. The van der Waals surface area contributed by atoms with Crippen LogP contribution in [0.15, 0.2) is 30.5 Å². The molecule has 0 aliphatic carbocycles. The highest BCUT2D eigenvalue weighted by Crippen LogP contribution is 2.28. The predicted molar refractivity (Wildman–Crippen MR) is 85.4 cm³/mol. The van der Waals surface area contributed by atoms with Gasteiger partial charge in [0.15, 0.2) is 0 Å². The van der Waals surface area contributed by atoms with Crippen LogP contribution in [-0.2, 0) is 0 Å². The van der Waals surface area contributed by atoms with E-state index >= 15 is 0 Å². The Morgan fingerprint density at radius 1 is 1.36 bits per heavy atom. The third-order valence-electron chi connectivity index (χ3n) is 3.17. The second kappa shape index (κ2) is 6.98. The van der Waals surface area contributed by atoms with Crippen molar-refractivity contribution < 1.29 is 14.3 Å². The van der Waals surface area contributed by atoms with Gasteiger partial charge in [-0.1, -0.05) is 12.1 Å². The van der Waals surface area contributed by atoms with E-state index in [0.29, 0.717) is 15.4 Å². The quantitative estimate of drug-likeness (QED) is 0.920. The van der Waals surface area contributed by atoms with Gasteiger partial charge in [0.1, 0.15) is 15.7 Å². The highest BCUT2D eigenvalue weighted by Gasteiger charge is 2.23. The second-order valence-electron chi connectivity index (χ2n) is 5.41. The molecule has 4 nitrogen and oxygen atoms in total. The first-order valence-electron chi connectivity index (χ1n) is 7.10. The molecule has 6 heteroatoms. The van der Waals surface area contributed by atoms with Crippen molar-refractivity contribution in [3.8, 4) is 10.6 Å². The van der Waals surface area contributed by atoms with Gasteiger partial charge in [0.25, 0.3) is 5.91 Å². The summed E-state index contributed by atoms with van der Waals surface area (Å²) in [5, 5.41) is 10.0. The van der Waals surface area contributed by atoms with Crippen molar-refractivity contribution in [3.05, 3.63) is 41.2 Å². The van der Waals surface area contributed by atoms with Gasteiger partial charge < -0.3 is 10.0 Å². The average Bonchev–Trinajstić information content (AvgIpc) is 2.93. The maximum atomic E-state index is 13.8. The Morgan fingerprint density at radius 2 is 2.05 bits per heavy atom. The summed E-state index contributed by atoms with van der Waals surface area (Å²) in [5.74, 6) is -0.559. The van der Waals surface area contributed by atoms with Gasteiger partial charge >= 0.3 is 0 Å². The largest absolute Gasteiger partial charge is 0.392 e. The van der Waals surface area contributed by atoms with Crippen molar-refractivity contribution in [2.45, 2.75) is 32.9 Å². The lowest BCUT2D eigenvalue weighted by atomic mass is 10.2. The van der Waals surface area contributed by atoms with Gasteiger partial charge in [0, 0.05) is 18.2 Å². The van der Waals surface area contributed by atoms with E-state index in [2.05, 4.69) is 4.98 Å². The van der Waals surface area contributed by atoms with E-state index in [0.717, 1.165) is 11.3 Å². The van der Waals surface area contributed by atoms with Crippen LogP contribution in [0.3, 0.4) is 0 Å². The standard InChI is InChI=1S/C16H19FN2O2S/c1-10(2)19(9-11(3)20)16(21)14-8-18-15(22-14)12-6-4-5-7-13(12)17/h4-8,10-11,20H,9H2,1-3H3. The minimum atomic E-state index is -0.606. The number of halogens is 1. The topological polar surface area (TPSA) is 53.4 Å². The zero-order chi connectivity index (χ0) is 16.3. The molecule has 0 spiro atoms. The lowest BCUT2D eigenvalue weighted by Gasteiger charge is -2.27. The molecule has 0 saturated carbocycles. The van der Waals surface area contributed by atoms with Crippen LogP contribution in [0.5, 0.6) is 0 Å². The zero-order valence-corrected chi connectivity index (χ0v) is 13.6. The number of nitrogens with zero attached hydrogens (tertiary/aromatic N) is 2. The molecule has 0 bridgehead atoms. The first kappa shape index (κ1) is 16.6. The number of aliphatic hydroxyl groups excluding tert-OH is 1. The Bertz CT molecular complexity index is 655. The van der Waals surface area contributed by atoms with E-state index in [1.807, 2.05) is 13.8 Å². The number of aliphatic hydroxyl groups is 1. The molecule has 0 fully saturated rings. The van der Waals surface area contributed by atoms with Gasteiger partial charge in [0.05, 0.1) is 12.3 Å². The van der Waals surface area contributed by atoms with Crippen LogP contribution in [0.25, 0.3) is 10.6 Å². The van der Waals surface area contributed by atoms with Crippen molar-refractivity contribution in [1.29, 1.82) is 0 Å². The van der Waals surface area contributed by atoms with Crippen LogP contribution in [0.4, 0.5) is 4.39 Å². The Hall–Kier alpha value is -1.79. The SMILES string of the molecule is CC(O)CN(C(=O)c1cnc(-c2ccccc2F)s1)C(C)C. The fraction of sp³-hybridized carbons (Fsp3) is 0.375. The van der Waals surface area contributed by atoms with Crippen molar-refractivity contribution in [1.82, 2.24) is 9.88 Å². The number of hydrogen-bond donors (Lipinski definition) is 1. The van der Waals surface area contributed by atoms with Crippen LogP contribution in [0.2, 0.25) is 0 Å². The molecule has 1 atom stereocenters. The third kappa shape index (κ3) is 3.69. The Kier molecular flexibility index (Phi) is 5.26. The fourth-order valence-corrected chi connectivity index (χ4v) is 2.99. The monoisotopic (exact) mass is 322 g/mol. The Labute approximate surface area is 133 Å². The summed E-state index contributed by atoms with van der Waals surface area (Å²) in [4.78, 5) is 18.7. The number of carbonyl (C=O) groups is 1. The molecule has 0 aliphatic rings. The summed E-state index contributed by atoms with van der Waals surface area (Å²) < 4.78 is 13.8. The second-order valence-corrected chi connectivity index (χ2v) is 6.44. The van der Waals surface area contributed by atoms with Gasteiger partial charge in [-0.2, -0.15) is 0 Å². The zero-order valence-electron chi connectivity index (χ0n) is 12.8. The molecule has 2 aromatic rings. The number of thiazole rings is 1. The van der Waals surface area contributed by atoms with E-state index in [9.17, 15) is 14.3 Å². The summed E-state index contributed by atoms with van der Waals surface area (Å²) in [6, 6.07) is 6.31. The Balaban J connectivity index is 2.27. The van der Waals surface area contributed by atoms with E-state index < -0.39 is 6.10 Å². The molecule has 1 aromatic carbocycles. The molecule has 0 saturated heterocycles. The lowest BCUT2D eigenvalue weighted by Crippen LogP contribution is -2.41. The van der Waals surface area contributed by atoms with Crippen molar-refractivity contribution in [3.63, 3.8) is 0 Å². The molecule has 0 aliphatic heterocycles. The summed E-state index contributed by atoms with van der Waals surface area (Å²) in [7, 11) is 0. The molecule has 1 heterocycles. The predicted octanol–water partition coefficient (Wildman–Crippen LogP) is 3.18. The number of rotatable bonds is 5. The maximum absolute atomic E-state index is 13.8. The molecule has 2 rings (SSSR count). The number of benzene rings is 1. The van der Waals surface area contributed by atoms with Crippen LogP contribution in [-0.4, -0.2) is 39.6 Å². The molecule has 22 heavy (non-hydrogen) atoms. The van der Waals surface area contributed by atoms with E-state index in [1.54, 1.807) is 30.0 Å². The smallest absolute Gasteiger partial charge is 0.265 e. The molecule has 1 aromatic heterocycles. The van der Waals surface area contributed by atoms with Crippen molar-refractivity contribution >= 4 is 17.2 Å². The van der Waals surface area contributed by atoms with Gasteiger partial charge in [-0.25, -0.2) is 9.37 Å². The number of amides is 1. The molecule has 0 radical (unpaired) electrons. The van der Waals surface area contributed by atoms with Crippen LogP contribution < -0.4 is 0 Å². The summed E-state index contributed by atoms with van der Waals surface area (Å²) >= 11 is 1.16. The first-order valence-corrected chi connectivity index (χ1v) is 7.91. The first-order chi connectivity index (χ1) is 10.4. The Morgan fingerprint density at radius 3 is 2.64 bits per heavy atom. The molecule has 1 amide bonds. The van der Waals surface area contributed by atoms with Crippen molar-refractivity contribution in [2.24, 2.45) is 0 Å². The number of hydrogen-bond acceptors (Lipinski definition) is 4. The number of carbonyl (C=O) groups excluding carboxylic acids is 1. The van der Waals surface area contributed by atoms with Gasteiger partial charge in [0.2, 0.25) is 0 Å². The molecule has 118 valence electrons. The summed E-state index contributed by atoms with van der Waals surface area (Å²) in [6.45, 7) is 5.67. The molecule has 1 N–H and O–H groups in total. The minimum absolute atomic E-state index is 0.0406. The van der Waals surface area contributed by atoms with Crippen molar-refractivity contribution in [2.75, 3.05) is 6.54 Å². The molecular formula is C16H19FN2O2S. The summed E-state index contributed by atoms with van der Waals surface area (Å²) in [6.07, 6.45) is 0.858. The highest BCUT2D eigenvalue weighted by atomic mass is 32.1. The summed E-state index contributed by atoms with van der Waals surface area (Å²) in [5.41, 5.74) is 0.387.